The molecule has 3 nitrogen and oxygen atoms in total. The van der Waals surface area contributed by atoms with E-state index < -0.39 is 0 Å². The number of aryl methyl sites for hydroxylation is 1. The summed E-state index contributed by atoms with van der Waals surface area (Å²) in [4.78, 5) is 14.3. The minimum Gasteiger partial charge on any atom is -0.339 e. The molecule has 0 spiro atoms. The van der Waals surface area contributed by atoms with Gasteiger partial charge in [0.15, 0.2) is 0 Å². The molecular formula is C17H24N2OS. The summed E-state index contributed by atoms with van der Waals surface area (Å²) in [5, 5.41) is 0. The van der Waals surface area contributed by atoms with Crippen molar-refractivity contribution in [2.45, 2.75) is 26.3 Å². The van der Waals surface area contributed by atoms with Crippen LogP contribution in [0.5, 0.6) is 0 Å². The molecule has 1 rings (SSSR count). The summed E-state index contributed by atoms with van der Waals surface area (Å²) >= 11 is 1.80. The lowest BCUT2D eigenvalue weighted by Gasteiger charge is -2.25. The average molecular weight is 304 g/mol. The van der Waals surface area contributed by atoms with Crippen molar-refractivity contribution in [3.05, 3.63) is 34.9 Å². The van der Waals surface area contributed by atoms with E-state index in [0.29, 0.717) is 12.1 Å². The molecule has 0 aromatic heterocycles. The monoisotopic (exact) mass is 304 g/mol. The molecular weight excluding hydrogens is 280 g/mol. The van der Waals surface area contributed by atoms with Crippen LogP contribution in [-0.4, -0.2) is 42.4 Å². The van der Waals surface area contributed by atoms with Crippen molar-refractivity contribution >= 4 is 17.7 Å². The van der Waals surface area contributed by atoms with E-state index in [2.05, 4.69) is 25.0 Å². The predicted octanol–water partition coefficient (Wildman–Crippen LogP) is 2.52. The minimum absolute atomic E-state index is 0.0602. The van der Waals surface area contributed by atoms with Crippen LogP contribution < -0.4 is 5.73 Å². The van der Waals surface area contributed by atoms with Crippen molar-refractivity contribution in [1.82, 2.24) is 4.90 Å². The standard InChI is InChI=1S/C17H24N2OS/c1-13-12-16(8-7-15(13)6-5-10-18)17(20)19(3)14(2)9-11-21-4/h7-8,12,14H,9-11,18H2,1-4H3. The molecule has 1 amide bonds. The van der Waals surface area contributed by atoms with Crippen LogP contribution in [0.25, 0.3) is 0 Å². The predicted molar refractivity (Wildman–Crippen MR) is 91.7 cm³/mol. The minimum atomic E-state index is 0.0602. The highest BCUT2D eigenvalue weighted by Gasteiger charge is 2.17. The third-order valence-corrected chi connectivity index (χ3v) is 4.16. The van der Waals surface area contributed by atoms with Crippen molar-refractivity contribution in [1.29, 1.82) is 0 Å². The molecule has 0 saturated carbocycles. The number of nitrogens with zero attached hydrogens (tertiary/aromatic N) is 1. The SMILES string of the molecule is CSCCC(C)N(C)C(=O)c1ccc(C#CCN)c(C)c1. The Morgan fingerprint density at radius 2 is 2.19 bits per heavy atom. The Morgan fingerprint density at radius 3 is 2.76 bits per heavy atom. The molecule has 4 heteroatoms. The van der Waals surface area contributed by atoms with Crippen LogP contribution in [-0.2, 0) is 0 Å². The molecule has 0 aliphatic heterocycles. The normalized spacial score (nSPS) is 11.5. The van der Waals surface area contributed by atoms with E-state index in [-0.39, 0.29) is 11.9 Å². The van der Waals surface area contributed by atoms with Crippen molar-refractivity contribution in [3.8, 4) is 11.8 Å². The Morgan fingerprint density at radius 1 is 1.48 bits per heavy atom. The van der Waals surface area contributed by atoms with Gasteiger partial charge in [0.2, 0.25) is 0 Å². The maximum absolute atomic E-state index is 12.5. The van der Waals surface area contributed by atoms with Crippen LogP contribution in [0, 0.1) is 18.8 Å². The number of carbonyl (C=O) groups is 1. The average Bonchev–Trinajstić information content (AvgIpc) is 2.49. The van der Waals surface area contributed by atoms with Crippen molar-refractivity contribution in [2.75, 3.05) is 25.6 Å². The van der Waals surface area contributed by atoms with Gasteiger partial charge in [0.05, 0.1) is 6.54 Å². The van der Waals surface area contributed by atoms with Crippen LogP contribution in [0.2, 0.25) is 0 Å². The van der Waals surface area contributed by atoms with Gasteiger partial charge in [0, 0.05) is 24.2 Å². The number of hydrogen-bond donors (Lipinski definition) is 1. The van der Waals surface area contributed by atoms with Crippen LogP contribution in [0.4, 0.5) is 0 Å². The number of benzene rings is 1. The van der Waals surface area contributed by atoms with E-state index in [1.807, 2.05) is 37.1 Å². The third-order valence-electron chi connectivity index (χ3n) is 3.52. The molecule has 0 heterocycles. The lowest BCUT2D eigenvalue weighted by atomic mass is 10.0. The third kappa shape index (κ3) is 5.11. The Labute approximate surface area is 132 Å². The zero-order chi connectivity index (χ0) is 15.8. The fraction of sp³-hybridized carbons (Fsp3) is 0.471. The molecule has 0 saturated heterocycles. The molecule has 1 aromatic rings. The van der Waals surface area contributed by atoms with Gasteiger partial charge in [-0.1, -0.05) is 11.8 Å². The lowest BCUT2D eigenvalue weighted by molar-refractivity contribution is 0.0741. The zero-order valence-electron chi connectivity index (χ0n) is 13.3. The zero-order valence-corrected chi connectivity index (χ0v) is 14.1. The summed E-state index contributed by atoms with van der Waals surface area (Å²) in [6.07, 6.45) is 3.08. The number of nitrogens with two attached hydrogens (primary N) is 1. The van der Waals surface area contributed by atoms with E-state index in [1.165, 1.54) is 0 Å². The van der Waals surface area contributed by atoms with Crippen LogP contribution in [0.3, 0.4) is 0 Å². The highest BCUT2D eigenvalue weighted by Crippen LogP contribution is 2.14. The second-order valence-electron chi connectivity index (χ2n) is 5.08. The molecule has 0 bridgehead atoms. The molecule has 1 aromatic carbocycles. The van der Waals surface area contributed by atoms with Gasteiger partial charge < -0.3 is 10.6 Å². The van der Waals surface area contributed by atoms with Gasteiger partial charge in [-0.25, -0.2) is 0 Å². The molecule has 114 valence electrons. The van der Waals surface area contributed by atoms with Gasteiger partial charge >= 0.3 is 0 Å². The quantitative estimate of drug-likeness (QED) is 0.850. The maximum Gasteiger partial charge on any atom is 0.253 e. The number of rotatable bonds is 5. The molecule has 1 unspecified atom stereocenters. The molecule has 1 atom stereocenters. The number of hydrogen-bond acceptors (Lipinski definition) is 3. The summed E-state index contributed by atoms with van der Waals surface area (Å²) in [5.41, 5.74) is 8.03. The highest BCUT2D eigenvalue weighted by molar-refractivity contribution is 7.98. The Balaban J connectivity index is 2.85. The highest BCUT2D eigenvalue weighted by atomic mass is 32.2. The van der Waals surface area contributed by atoms with Crippen LogP contribution >= 0.6 is 11.8 Å². The smallest absolute Gasteiger partial charge is 0.253 e. The first-order valence-corrected chi connectivity index (χ1v) is 8.46. The molecule has 2 N–H and O–H groups in total. The summed E-state index contributed by atoms with van der Waals surface area (Å²) in [5.74, 6) is 6.98. The van der Waals surface area contributed by atoms with E-state index >= 15 is 0 Å². The van der Waals surface area contributed by atoms with Crippen LogP contribution in [0.1, 0.15) is 34.8 Å². The molecule has 0 aliphatic rings. The van der Waals surface area contributed by atoms with Gasteiger partial charge in [0.1, 0.15) is 0 Å². The summed E-state index contributed by atoms with van der Waals surface area (Å²) < 4.78 is 0. The summed E-state index contributed by atoms with van der Waals surface area (Å²) in [7, 11) is 1.87. The first-order chi connectivity index (χ1) is 10.0. The van der Waals surface area contributed by atoms with E-state index in [9.17, 15) is 4.79 Å². The molecule has 21 heavy (non-hydrogen) atoms. The maximum atomic E-state index is 12.5. The largest absolute Gasteiger partial charge is 0.339 e. The van der Waals surface area contributed by atoms with Gasteiger partial charge in [-0.3, -0.25) is 4.79 Å². The van der Waals surface area contributed by atoms with Gasteiger partial charge in [-0.05, 0) is 56.0 Å². The Hall–Kier alpha value is -1.44. The van der Waals surface area contributed by atoms with E-state index in [0.717, 1.165) is 23.3 Å². The number of carbonyl (C=O) groups excluding carboxylic acids is 1. The molecule has 0 radical (unpaired) electrons. The van der Waals surface area contributed by atoms with Gasteiger partial charge in [-0.2, -0.15) is 11.8 Å². The van der Waals surface area contributed by atoms with Crippen LogP contribution in [0.15, 0.2) is 18.2 Å². The fourth-order valence-electron chi connectivity index (χ4n) is 1.97. The second kappa shape index (κ2) is 8.76. The molecule has 0 aliphatic carbocycles. The lowest BCUT2D eigenvalue weighted by Crippen LogP contribution is -2.35. The first-order valence-electron chi connectivity index (χ1n) is 7.07. The Bertz CT molecular complexity index is 545. The van der Waals surface area contributed by atoms with Gasteiger partial charge in [0.25, 0.3) is 5.91 Å². The summed E-state index contributed by atoms with van der Waals surface area (Å²) in [6.45, 7) is 4.40. The fourth-order valence-corrected chi connectivity index (χ4v) is 2.55. The topological polar surface area (TPSA) is 46.3 Å². The van der Waals surface area contributed by atoms with Crippen molar-refractivity contribution < 1.29 is 4.79 Å². The van der Waals surface area contributed by atoms with Gasteiger partial charge in [-0.15, -0.1) is 0 Å². The van der Waals surface area contributed by atoms with E-state index in [1.54, 1.807) is 11.8 Å². The second-order valence-corrected chi connectivity index (χ2v) is 6.07. The number of thioether (sulfide) groups is 1. The van der Waals surface area contributed by atoms with Crippen molar-refractivity contribution in [3.63, 3.8) is 0 Å². The first kappa shape index (κ1) is 17.6. The van der Waals surface area contributed by atoms with E-state index in [4.69, 9.17) is 5.73 Å². The number of amides is 1. The van der Waals surface area contributed by atoms with Crippen molar-refractivity contribution in [2.24, 2.45) is 5.73 Å². The Kier molecular flexibility index (Phi) is 7.35. The summed E-state index contributed by atoms with van der Waals surface area (Å²) in [6, 6.07) is 5.88. The molecule has 0 fully saturated rings.